The van der Waals surface area contributed by atoms with Crippen molar-refractivity contribution in [3.05, 3.63) is 48.5 Å². The van der Waals surface area contributed by atoms with Crippen LogP contribution < -0.4 is 10.1 Å². The van der Waals surface area contributed by atoms with Crippen LogP contribution in [-0.4, -0.2) is 6.61 Å². The zero-order valence-corrected chi connectivity index (χ0v) is 16.2. The summed E-state index contributed by atoms with van der Waals surface area (Å²) in [6.07, 6.45) is 1.09. The molecule has 0 saturated carbocycles. The summed E-state index contributed by atoms with van der Waals surface area (Å²) in [6, 6.07) is 6.34. The minimum absolute atomic E-state index is 0.665. The van der Waals surface area contributed by atoms with Crippen molar-refractivity contribution in [3.63, 3.8) is 0 Å². The van der Waals surface area contributed by atoms with Crippen molar-refractivity contribution in [2.75, 3.05) is 6.61 Å². The maximum absolute atomic E-state index is 5.75. The van der Waals surface area contributed by atoms with E-state index in [9.17, 15) is 0 Å². The summed E-state index contributed by atoms with van der Waals surface area (Å²) in [7, 11) is 0. The van der Waals surface area contributed by atoms with E-state index in [1.54, 1.807) is 0 Å². The molecule has 0 atom stereocenters. The Morgan fingerprint density at radius 1 is 1.14 bits per heavy atom. The van der Waals surface area contributed by atoms with E-state index in [1.165, 1.54) is 10.4 Å². The standard InChI is InChI=1S/C16H19Br2NOS/c1-3-11-5-6-21-15(11)10-19-9-12-7-13(17)8-14(18)16(12)20-4-2/h5-8,19H,3-4,9-10H2,1-2H3. The molecule has 0 amide bonds. The molecule has 1 aromatic heterocycles. The third-order valence-corrected chi connectivity index (χ3v) is 5.20. The van der Waals surface area contributed by atoms with Gasteiger partial charge in [-0.25, -0.2) is 0 Å². The van der Waals surface area contributed by atoms with Gasteiger partial charge >= 0.3 is 0 Å². The molecule has 0 saturated heterocycles. The molecular formula is C16H19Br2NOS. The van der Waals surface area contributed by atoms with Gasteiger partial charge in [0.25, 0.3) is 0 Å². The van der Waals surface area contributed by atoms with Crippen LogP contribution in [0.1, 0.15) is 29.9 Å². The van der Waals surface area contributed by atoms with E-state index in [1.807, 2.05) is 24.3 Å². The van der Waals surface area contributed by atoms with Crippen molar-refractivity contribution in [1.82, 2.24) is 5.32 Å². The summed E-state index contributed by atoms with van der Waals surface area (Å²) < 4.78 is 7.79. The summed E-state index contributed by atoms with van der Waals surface area (Å²) in [5, 5.41) is 5.68. The summed E-state index contributed by atoms with van der Waals surface area (Å²) >= 11 is 8.93. The lowest BCUT2D eigenvalue weighted by molar-refractivity contribution is 0.333. The van der Waals surface area contributed by atoms with Gasteiger partial charge in [-0.2, -0.15) is 0 Å². The molecule has 2 rings (SSSR count). The molecule has 0 spiro atoms. The molecule has 114 valence electrons. The van der Waals surface area contributed by atoms with Crippen molar-refractivity contribution < 1.29 is 4.74 Å². The molecule has 0 aliphatic heterocycles. The number of aryl methyl sites for hydroxylation is 1. The fourth-order valence-electron chi connectivity index (χ4n) is 2.20. The average Bonchev–Trinajstić information content (AvgIpc) is 2.90. The molecular weight excluding hydrogens is 414 g/mol. The first-order chi connectivity index (χ1) is 10.2. The van der Waals surface area contributed by atoms with E-state index in [2.05, 4.69) is 61.6 Å². The van der Waals surface area contributed by atoms with Gasteiger partial charge in [0, 0.05) is 28.0 Å². The second-order valence-corrected chi connectivity index (χ2v) is 7.41. The van der Waals surface area contributed by atoms with Gasteiger partial charge in [0.1, 0.15) is 5.75 Å². The lowest BCUT2D eigenvalue weighted by Gasteiger charge is -2.14. The predicted octanol–water partition coefficient (Wildman–Crippen LogP) is 5.52. The molecule has 5 heteroatoms. The lowest BCUT2D eigenvalue weighted by atomic mass is 10.2. The Labute approximate surface area is 147 Å². The van der Waals surface area contributed by atoms with Crippen LogP contribution in [0.3, 0.4) is 0 Å². The Balaban J connectivity index is 2.05. The first kappa shape index (κ1) is 17.0. The molecule has 2 aromatic rings. The zero-order chi connectivity index (χ0) is 15.2. The Morgan fingerprint density at radius 3 is 2.67 bits per heavy atom. The highest BCUT2D eigenvalue weighted by atomic mass is 79.9. The van der Waals surface area contributed by atoms with Gasteiger partial charge in [-0.1, -0.05) is 22.9 Å². The molecule has 1 aromatic carbocycles. The Kier molecular flexibility index (Phi) is 6.74. The number of nitrogens with one attached hydrogen (secondary N) is 1. The Morgan fingerprint density at radius 2 is 1.95 bits per heavy atom. The number of halogens is 2. The maximum atomic E-state index is 5.75. The van der Waals surface area contributed by atoms with Gasteiger partial charge in [0.05, 0.1) is 11.1 Å². The highest BCUT2D eigenvalue weighted by molar-refractivity contribution is 9.11. The molecule has 1 N–H and O–H groups in total. The molecule has 0 fully saturated rings. The summed E-state index contributed by atoms with van der Waals surface area (Å²) in [5.41, 5.74) is 2.60. The quantitative estimate of drug-likeness (QED) is 0.621. The SMILES string of the molecule is CCOc1c(Br)cc(Br)cc1CNCc1sccc1CC. The molecule has 0 radical (unpaired) electrons. The Bertz CT molecular complexity index is 598. The number of thiophene rings is 1. The van der Waals surface area contributed by atoms with Crippen molar-refractivity contribution >= 4 is 43.2 Å². The van der Waals surface area contributed by atoms with E-state index >= 15 is 0 Å². The fourth-order valence-corrected chi connectivity index (χ4v) is 4.57. The van der Waals surface area contributed by atoms with Gasteiger partial charge in [-0.3, -0.25) is 0 Å². The topological polar surface area (TPSA) is 21.3 Å². The number of benzene rings is 1. The molecule has 2 nitrogen and oxygen atoms in total. The van der Waals surface area contributed by atoms with Crippen LogP contribution in [0.4, 0.5) is 0 Å². The van der Waals surface area contributed by atoms with Crippen molar-refractivity contribution in [1.29, 1.82) is 0 Å². The maximum Gasteiger partial charge on any atom is 0.138 e. The summed E-state index contributed by atoms with van der Waals surface area (Å²) in [4.78, 5) is 1.42. The van der Waals surface area contributed by atoms with Gasteiger partial charge in [-0.05, 0) is 58.4 Å². The number of hydrogen-bond donors (Lipinski definition) is 1. The molecule has 21 heavy (non-hydrogen) atoms. The van der Waals surface area contributed by atoms with Crippen LogP contribution in [-0.2, 0) is 19.5 Å². The van der Waals surface area contributed by atoms with Crippen LogP contribution >= 0.6 is 43.2 Å². The van der Waals surface area contributed by atoms with Gasteiger partial charge < -0.3 is 10.1 Å². The highest BCUT2D eigenvalue weighted by Crippen LogP contribution is 2.33. The van der Waals surface area contributed by atoms with E-state index in [0.29, 0.717) is 6.61 Å². The normalized spacial score (nSPS) is 10.9. The van der Waals surface area contributed by atoms with Crippen LogP contribution in [0, 0.1) is 0 Å². The second-order valence-electron chi connectivity index (χ2n) is 4.63. The number of hydrogen-bond acceptors (Lipinski definition) is 3. The monoisotopic (exact) mass is 431 g/mol. The van der Waals surface area contributed by atoms with Crippen LogP contribution in [0.5, 0.6) is 5.75 Å². The van der Waals surface area contributed by atoms with Crippen molar-refractivity contribution in [3.8, 4) is 5.75 Å². The first-order valence-electron chi connectivity index (χ1n) is 7.02. The third-order valence-electron chi connectivity index (χ3n) is 3.19. The second kappa shape index (κ2) is 8.32. The van der Waals surface area contributed by atoms with Gasteiger partial charge in [-0.15, -0.1) is 11.3 Å². The minimum atomic E-state index is 0.665. The van der Waals surface area contributed by atoms with E-state index in [0.717, 1.165) is 39.8 Å². The van der Waals surface area contributed by atoms with E-state index in [-0.39, 0.29) is 0 Å². The van der Waals surface area contributed by atoms with E-state index in [4.69, 9.17) is 4.74 Å². The first-order valence-corrected chi connectivity index (χ1v) is 9.48. The summed E-state index contributed by atoms with van der Waals surface area (Å²) in [6.45, 7) is 6.55. The van der Waals surface area contributed by atoms with Gasteiger partial charge in [0.2, 0.25) is 0 Å². The Hall–Kier alpha value is -0.360. The molecule has 0 aliphatic carbocycles. The fraction of sp³-hybridized carbons (Fsp3) is 0.375. The molecule has 0 aliphatic rings. The largest absolute Gasteiger partial charge is 0.492 e. The van der Waals surface area contributed by atoms with Gasteiger partial charge in [0.15, 0.2) is 0 Å². The van der Waals surface area contributed by atoms with Crippen molar-refractivity contribution in [2.45, 2.75) is 33.4 Å². The smallest absolute Gasteiger partial charge is 0.138 e. The zero-order valence-electron chi connectivity index (χ0n) is 12.2. The lowest BCUT2D eigenvalue weighted by Crippen LogP contribution is -2.14. The molecule has 1 heterocycles. The predicted molar refractivity (Wildman–Crippen MR) is 97.3 cm³/mol. The van der Waals surface area contributed by atoms with Crippen LogP contribution in [0.15, 0.2) is 32.5 Å². The summed E-state index contributed by atoms with van der Waals surface area (Å²) in [5.74, 6) is 0.926. The molecule has 0 unspecified atom stereocenters. The highest BCUT2D eigenvalue weighted by Gasteiger charge is 2.10. The van der Waals surface area contributed by atoms with E-state index < -0.39 is 0 Å². The van der Waals surface area contributed by atoms with Crippen LogP contribution in [0.2, 0.25) is 0 Å². The van der Waals surface area contributed by atoms with Crippen LogP contribution in [0.25, 0.3) is 0 Å². The molecule has 0 bridgehead atoms. The van der Waals surface area contributed by atoms with Crippen molar-refractivity contribution in [2.24, 2.45) is 0 Å². The number of ether oxygens (including phenoxy) is 1. The average molecular weight is 433 g/mol. The minimum Gasteiger partial charge on any atom is -0.492 e. The number of rotatable bonds is 7. The third kappa shape index (κ3) is 4.55.